The summed E-state index contributed by atoms with van der Waals surface area (Å²) in [5.41, 5.74) is 2.29. The number of imidazole rings is 1. The van der Waals surface area contributed by atoms with Gasteiger partial charge in [0.15, 0.2) is 11.0 Å². The van der Waals surface area contributed by atoms with Crippen LogP contribution >= 0.6 is 11.8 Å². The number of amides is 1. The van der Waals surface area contributed by atoms with Crippen LogP contribution in [0.25, 0.3) is 22.4 Å². The van der Waals surface area contributed by atoms with Crippen molar-refractivity contribution in [3.05, 3.63) is 71.4 Å². The number of nitrogens with zero attached hydrogens (tertiary/aromatic N) is 5. The second-order valence-electron chi connectivity index (χ2n) is 7.13. The monoisotopic (exact) mass is 452 g/mol. The van der Waals surface area contributed by atoms with Crippen molar-refractivity contribution in [1.82, 2.24) is 23.9 Å². The number of allylic oxidation sites excluding steroid dienone is 1. The van der Waals surface area contributed by atoms with E-state index in [4.69, 9.17) is 0 Å². The van der Waals surface area contributed by atoms with Crippen molar-refractivity contribution in [2.45, 2.75) is 11.7 Å². The van der Waals surface area contributed by atoms with Gasteiger partial charge in [0.25, 0.3) is 0 Å². The minimum atomic E-state index is -0.398. The molecule has 2 heterocycles. The molecule has 4 rings (SSSR count). The van der Waals surface area contributed by atoms with Gasteiger partial charge in [-0.25, -0.2) is 9.18 Å². The zero-order valence-electron chi connectivity index (χ0n) is 17.6. The summed E-state index contributed by atoms with van der Waals surface area (Å²) in [7, 11) is 3.39. The number of fused-ring (bicyclic) bond motifs is 1. The Bertz CT molecular complexity index is 1390. The highest BCUT2D eigenvalue weighted by Crippen LogP contribution is 2.26. The molecule has 0 saturated heterocycles. The van der Waals surface area contributed by atoms with Crippen molar-refractivity contribution in [3.63, 3.8) is 0 Å². The number of rotatable bonds is 7. The number of hydrogen-bond acceptors (Lipinski definition) is 5. The van der Waals surface area contributed by atoms with Crippen LogP contribution in [0.5, 0.6) is 0 Å². The highest BCUT2D eigenvalue weighted by atomic mass is 32.2. The number of carbonyl (C=O) groups excluding carboxylic acids is 1. The van der Waals surface area contributed by atoms with Crippen LogP contribution in [0.1, 0.15) is 0 Å². The smallest absolute Gasteiger partial charge is 0.325 e. The number of hydrogen-bond donors (Lipinski definition) is 1. The number of aryl methyl sites for hydroxylation is 2. The van der Waals surface area contributed by atoms with Crippen LogP contribution in [-0.4, -0.2) is 35.6 Å². The summed E-state index contributed by atoms with van der Waals surface area (Å²) in [6.45, 7) is 4.11. The molecule has 0 aliphatic rings. The number of aromatic nitrogens is 5. The van der Waals surface area contributed by atoms with Gasteiger partial charge in [-0.15, -0.1) is 16.8 Å². The molecule has 164 valence electrons. The lowest BCUT2D eigenvalue weighted by atomic mass is 10.2. The van der Waals surface area contributed by atoms with Crippen LogP contribution in [-0.2, 0) is 25.4 Å². The van der Waals surface area contributed by atoms with E-state index in [1.54, 1.807) is 65.7 Å². The van der Waals surface area contributed by atoms with Gasteiger partial charge in [0.1, 0.15) is 5.82 Å². The number of nitrogens with one attached hydrogen (secondary N) is 1. The Kier molecular flexibility index (Phi) is 5.95. The van der Waals surface area contributed by atoms with E-state index in [1.165, 1.54) is 22.4 Å². The molecule has 0 atom stereocenters. The van der Waals surface area contributed by atoms with Crippen molar-refractivity contribution < 1.29 is 9.18 Å². The molecule has 0 saturated carbocycles. The van der Waals surface area contributed by atoms with E-state index in [0.717, 1.165) is 11.0 Å². The number of thioether (sulfide) groups is 1. The van der Waals surface area contributed by atoms with Gasteiger partial charge >= 0.3 is 5.69 Å². The predicted octanol–water partition coefficient (Wildman–Crippen LogP) is 3.19. The number of carbonyl (C=O) groups is 1. The molecular weight excluding hydrogens is 431 g/mol. The topological polar surface area (TPSA) is 86.7 Å². The SMILES string of the molecule is C=CCn1c(SCC(=O)Nc2ccc3c(c2)n(C)c(=O)n3C)nnc1-c1ccccc1F. The molecule has 8 nitrogen and oxygen atoms in total. The Balaban J connectivity index is 1.50. The Morgan fingerprint density at radius 1 is 1.16 bits per heavy atom. The van der Waals surface area contributed by atoms with Crippen LogP contribution in [0.3, 0.4) is 0 Å². The predicted molar refractivity (Wildman–Crippen MR) is 123 cm³/mol. The lowest BCUT2D eigenvalue weighted by Crippen LogP contribution is -2.19. The van der Waals surface area contributed by atoms with E-state index in [1.807, 2.05) is 0 Å². The first-order valence-electron chi connectivity index (χ1n) is 9.77. The maximum atomic E-state index is 14.2. The summed E-state index contributed by atoms with van der Waals surface area (Å²) in [6, 6.07) is 11.6. The molecule has 0 unspecified atom stereocenters. The van der Waals surface area contributed by atoms with Gasteiger partial charge in [-0.1, -0.05) is 30.0 Å². The van der Waals surface area contributed by atoms with Crippen LogP contribution in [0.4, 0.5) is 10.1 Å². The Morgan fingerprint density at radius 2 is 1.91 bits per heavy atom. The summed E-state index contributed by atoms with van der Waals surface area (Å²) in [5.74, 6) is -0.180. The van der Waals surface area contributed by atoms with E-state index in [0.29, 0.717) is 28.8 Å². The summed E-state index contributed by atoms with van der Waals surface area (Å²) < 4.78 is 19.0. The van der Waals surface area contributed by atoms with Gasteiger partial charge in [0, 0.05) is 26.3 Å². The Morgan fingerprint density at radius 3 is 2.66 bits per heavy atom. The molecule has 0 radical (unpaired) electrons. The second kappa shape index (κ2) is 8.83. The minimum Gasteiger partial charge on any atom is -0.325 e. The van der Waals surface area contributed by atoms with E-state index >= 15 is 0 Å². The molecule has 1 N–H and O–H groups in total. The fraction of sp³-hybridized carbons (Fsp3) is 0.182. The number of benzene rings is 2. The lowest BCUT2D eigenvalue weighted by Gasteiger charge is -2.09. The highest BCUT2D eigenvalue weighted by Gasteiger charge is 2.17. The molecule has 4 aromatic rings. The standard InChI is InChI=1S/C22H21FN6O2S/c1-4-11-29-20(15-7-5-6-8-16(15)23)25-26-21(29)32-13-19(30)24-14-9-10-17-18(12-14)28(3)22(31)27(17)2/h4-10,12H,1,11,13H2,2-3H3,(H,24,30). The van der Waals surface area contributed by atoms with Gasteiger partial charge in [0.05, 0.1) is 22.3 Å². The third-order valence-electron chi connectivity index (χ3n) is 5.03. The maximum Gasteiger partial charge on any atom is 0.328 e. The molecule has 2 aromatic carbocycles. The summed E-state index contributed by atoms with van der Waals surface area (Å²) in [4.78, 5) is 24.6. The molecule has 0 bridgehead atoms. The van der Waals surface area contributed by atoms with Crippen LogP contribution in [0.2, 0.25) is 0 Å². The minimum absolute atomic E-state index is 0.0817. The molecule has 0 aliphatic carbocycles. The van der Waals surface area contributed by atoms with Gasteiger partial charge in [-0.2, -0.15) is 0 Å². The average molecular weight is 453 g/mol. The molecule has 32 heavy (non-hydrogen) atoms. The maximum absolute atomic E-state index is 14.2. The van der Waals surface area contributed by atoms with Crippen LogP contribution in [0.15, 0.2) is 65.1 Å². The Hall–Kier alpha value is -3.66. The van der Waals surface area contributed by atoms with E-state index in [2.05, 4.69) is 22.1 Å². The zero-order chi connectivity index (χ0) is 22.8. The largest absolute Gasteiger partial charge is 0.328 e. The van der Waals surface area contributed by atoms with Gasteiger partial charge < -0.3 is 5.32 Å². The lowest BCUT2D eigenvalue weighted by molar-refractivity contribution is -0.113. The summed E-state index contributed by atoms with van der Waals surface area (Å²) in [5, 5.41) is 11.6. The first-order valence-corrected chi connectivity index (χ1v) is 10.8. The van der Waals surface area contributed by atoms with E-state index < -0.39 is 5.82 Å². The van der Waals surface area contributed by atoms with Crippen molar-refractivity contribution in [1.29, 1.82) is 0 Å². The average Bonchev–Trinajstić information content (AvgIpc) is 3.27. The first kappa shape index (κ1) is 21.6. The third-order valence-corrected chi connectivity index (χ3v) is 6.00. The van der Waals surface area contributed by atoms with Gasteiger partial charge in [-0.3, -0.25) is 18.5 Å². The molecule has 0 spiro atoms. The van der Waals surface area contributed by atoms with E-state index in [-0.39, 0.29) is 17.3 Å². The quantitative estimate of drug-likeness (QED) is 0.344. The molecule has 2 aromatic heterocycles. The summed E-state index contributed by atoms with van der Waals surface area (Å²) in [6.07, 6.45) is 1.66. The fourth-order valence-electron chi connectivity index (χ4n) is 3.44. The number of halogens is 1. The van der Waals surface area contributed by atoms with Gasteiger partial charge in [-0.05, 0) is 30.3 Å². The second-order valence-corrected chi connectivity index (χ2v) is 8.07. The zero-order valence-corrected chi connectivity index (χ0v) is 18.4. The van der Waals surface area contributed by atoms with Crippen molar-refractivity contribution in [3.8, 4) is 11.4 Å². The summed E-state index contributed by atoms with van der Waals surface area (Å²) >= 11 is 1.20. The van der Waals surface area contributed by atoms with Crippen LogP contribution < -0.4 is 11.0 Å². The molecular formula is C22H21FN6O2S. The molecule has 10 heteroatoms. The molecule has 0 aliphatic heterocycles. The molecule has 1 amide bonds. The van der Waals surface area contributed by atoms with Crippen molar-refractivity contribution in [2.75, 3.05) is 11.1 Å². The van der Waals surface area contributed by atoms with Crippen molar-refractivity contribution >= 4 is 34.4 Å². The fourth-order valence-corrected chi connectivity index (χ4v) is 4.19. The Labute approximate surface area is 187 Å². The van der Waals surface area contributed by atoms with Crippen LogP contribution in [0, 0.1) is 5.82 Å². The highest BCUT2D eigenvalue weighted by molar-refractivity contribution is 7.99. The third kappa shape index (κ3) is 3.96. The molecule has 0 fully saturated rings. The van der Waals surface area contributed by atoms with E-state index in [9.17, 15) is 14.0 Å². The number of anilines is 1. The van der Waals surface area contributed by atoms with Gasteiger partial charge in [0.2, 0.25) is 5.91 Å². The van der Waals surface area contributed by atoms with Crippen molar-refractivity contribution in [2.24, 2.45) is 14.1 Å². The normalized spacial score (nSPS) is 11.1. The first-order chi connectivity index (χ1) is 15.4.